The zero-order valence-corrected chi connectivity index (χ0v) is 14.4. The molecule has 0 aromatic carbocycles. The summed E-state index contributed by atoms with van der Waals surface area (Å²) in [6, 6.07) is 1.09. The summed E-state index contributed by atoms with van der Waals surface area (Å²) in [7, 11) is -2.16. The normalized spacial score (nSPS) is 11.5. The van der Waals surface area contributed by atoms with Crippen LogP contribution in [0.3, 0.4) is 0 Å². The number of nitrogens with zero attached hydrogens (tertiary/aromatic N) is 1. The van der Waals surface area contributed by atoms with Gasteiger partial charge in [-0.05, 0) is 24.9 Å². The van der Waals surface area contributed by atoms with Gasteiger partial charge in [-0.25, -0.2) is 13.1 Å². The number of unbranched alkanes of at least 4 members (excludes halogenated alkanes) is 2. The molecule has 0 amide bonds. The molecule has 2 N–H and O–H groups in total. The van der Waals surface area contributed by atoms with Crippen LogP contribution >= 0.6 is 23.1 Å². The lowest BCUT2D eigenvalue weighted by molar-refractivity contribution is -0.383. The molecule has 7 nitrogen and oxygen atoms in total. The predicted octanol–water partition coefficient (Wildman–Crippen LogP) is 2.51. The van der Waals surface area contributed by atoms with E-state index in [1.54, 1.807) is 11.8 Å². The lowest BCUT2D eigenvalue weighted by Gasteiger charge is -2.04. The summed E-state index contributed by atoms with van der Waals surface area (Å²) in [5.74, 6) is 1.06. The Kier molecular flexibility index (Phi) is 7.43. The Morgan fingerprint density at radius 1 is 1.38 bits per heavy atom. The molecule has 0 bridgehead atoms. The molecule has 1 aromatic heterocycles. The van der Waals surface area contributed by atoms with Gasteiger partial charge < -0.3 is 5.32 Å². The number of sulfonamides is 1. The van der Waals surface area contributed by atoms with Crippen molar-refractivity contribution < 1.29 is 13.3 Å². The zero-order chi connectivity index (χ0) is 15.9. The van der Waals surface area contributed by atoms with Crippen LogP contribution in [-0.4, -0.2) is 38.9 Å². The van der Waals surface area contributed by atoms with Crippen LogP contribution in [0.15, 0.2) is 10.3 Å². The van der Waals surface area contributed by atoms with Crippen LogP contribution in [0.25, 0.3) is 0 Å². The molecule has 0 fully saturated rings. The zero-order valence-electron chi connectivity index (χ0n) is 11.9. The highest BCUT2D eigenvalue weighted by Crippen LogP contribution is 2.36. The Morgan fingerprint density at radius 3 is 2.62 bits per heavy atom. The van der Waals surface area contributed by atoms with Crippen LogP contribution in [0, 0.1) is 10.1 Å². The molecule has 0 aliphatic rings. The molecule has 1 rings (SSSR count). The van der Waals surface area contributed by atoms with E-state index in [0.717, 1.165) is 42.4 Å². The van der Waals surface area contributed by atoms with Crippen molar-refractivity contribution in [2.45, 2.75) is 23.5 Å². The van der Waals surface area contributed by atoms with E-state index in [9.17, 15) is 18.5 Å². The number of thioether (sulfide) groups is 1. The Hall–Kier alpha value is -0.840. The summed E-state index contributed by atoms with van der Waals surface area (Å²) < 4.78 is 26.6. The first kappa shape index (κ1) is 18.2. The maximum absolute atomic E-state index is 12.1. The molecule has 0 radical (unpaired) electrons. The molecule has 0 aliphatic heterocycles. The smallest absolute Gasteiger partial charge is 0.304 e. The number of nitrogens with one attached hydrogen (secondary N) is 2. The second-order valence-electron chi connectivity index (χ2n) is 4.24. The van der Waals surface area contributed by atoms with E-state index in [-0.39, 0.29) is 14.9 Å². The molecule has 1 heterocycles. The van der Waals surface area contributed by atoms with Gasteiger partial charge in [0.2, 0.25) is 10.0 Å². The van der Waals surface area contributed by atoms with E-state index >= 15 is 0 Å². The van der Waals surface area contributed by atoms with Crippen LogP contribution < -0.4 is 10.0 Å². The third-order valence-corrected chi connectivity index (χ3v) is 6.47. The van der Waals surface area contributed by atoms with Crippen molar-refractivity contribution in [3.63, 3.8) is 0 Å². The Bertz CT molecular complexity index is 571. The topological polar surface area (TPSA) is 101 Å². The van der Waals surface area contributed by atoms with E-state index in [4.69, 9.17) is 0 Å². The molecule has 0 saturated carbocycles. The van der Waals surface area contributed by atoms with Crippen LogP contribution in [0.4, 0.5) is 10.7 Å². The summed E-state index contributed by atoms with van der Waals surface area (Å²) in [6.45, 7) is 0.345. The molecule has 10 heteroatoms. The van der Waals surface area contributed by atoms with Gasteiger partial charge in [-0.3, -0.25) is 10.1 Å². The van der Waals surface area contributed by atoms with Crippen molar-refractivity contribution in [1.82, 2.24) is 4.72 Å². The summed E-state index contributed by atoms with van der Waals surface area (Å²) in [5.41, 5.74) is -0.220. The van der Waals surface area contributed by atoms with Gasteiger partial charge in [0.1, 0.15) is 4.21 Å². The summed E-state index contributed by atoms with van der Waals surface area (Å²) in [6.07, 6.45) is 4.80. The molecule has 120 valence electrons. The standard InChI is InChI=1S/C11H19N3O4S3/c1-12-11-9(14(15)16)8-10(20-11)21(17,18)13-6-4-3-5-7-19-2/h8,12-13H,3-7H2,1-2H3. The minimum absolute atomic E-state index is 0.0392. The van der Waals surface area contributed by atoms with Crippen LogP contribution in [-0.2, 0) is 10.0 Å². The van der Waals surface area contributed by atoms with E-state index in [1.165, 1.54) is 7.05 Å². The van der Waals surface area contributed by atoms with Gasteiger partial charge in [-0.2, -0.15) is 11.8 Å². The molecule has 0 spiro atoms. The fourth-order valence-electron chi connectivity index (χ4n) is 1.63. The number of nitro groups is 1. The van der Waals surface area contributed by atoms with Crippen molar-refractivity contribution in [2.24, 2.45) is 0 Å². The van der Waals surface area contributed by atoms with Gasteiger partial charge in [0.05, 0.1) is 4.92 Å². The highest BCUT2D eigenvalue weighted by molar-refractivity contribution is 7.98. The van der Waals surface area contributed by atoms with E-state index in [0.29, 0.717) is 6.54 Å². The first-order chi connectivity index (χ1) is 9.92. The minimum atomic E-state index is -3.68. The van der Waals surface area contributed by atoms with Gasteiger partial charge in [-0.15, -0.1) is 0 Å². The van der Waals surface area contributed by atoms with Crippen LogP contribution in [0.5, 0.6) is 0 Å². The number of hydrogen-bond acceptors (Lipinski definition) is 7. The van der Waals surface area contributed by atoms with Gasteiger partial charge in [-0.1, -0.05) is 17.8 Å². The second-order valence-corrected chi connectivity index (χ2v) is 8.27. The summed E-state index contributed by atoms with van der Waals surface area (Å²) >= 11 is 2.62. The highest BCUT2D eigenvalue weighted by atomic mass is 32.2. The van der Waals surface area contributed by atoms with E-state index < -0.39 is 14.9 Å². The largest absolute Gasteiger partial charge is 0.374 e. The third-order valence-electron chi connectivity index (χ3n) is 2.70. The molecule has 0 aliphatic carbocycles. The van der Waals surface area contributed by atoms with E-state index in [1.807, 2.05) is 6.26 Å². The fraction of sp³-hybridized carbons (Fsp3) is 0.636. The first-order valence-corrected chi connectivity index (χ1v) is 10.1. The van der Waals surface area contributed by atoms with Gasteiger partial charge in [0.15, 0.2) is 5.00 Å². The highest BCUT2D eigenvalue weighted by Gasteiger charge is 2.25. The molecule has 0 atom stereocenters. The van der Waals surface area contributed by atoms with E-state index in [2.05, 4.69) is 10.0 Å². The summed E-state index contributed by atoms with van der Waals surface area (Å²) in [5, 5.41) is 13.7. The third kappa shape index (κ3) is 5.46. The fourth-order valence-corrected chi connectivity index (χ4v) is 4.52. The minimum Gasteiger partial charge on any atom is -0.374 e. The number of rotatable bonds is 10. The number of anilines is 1. The Morgan fingerprint density at radius 2 is 2.10 bits per heavy atom. The van der Waals surface area contributed by atoms with Crippen molar-refractivity contribution in [1.29, 1.82) is 0 Å². The van der Waals surface area contributed by atoms with Crippen molar-refractivity contribution in [3.05, 3.63) is 16.2 Å². The quantitative estimate of drug-likeness (QED) is 0.381. The molecule has 0 saturated heterocycles. The van der Waals surface area contributed by atoms with Gasteiger partial charge in [0.25, 0.3) is 0 Å². The van der Waals surface area contributed by atoms with Crippen molar-refractivity contribution in [2.75, 3.05) is 30.9 Å². The summed E-state index contributed by atoms with van der Waals surface area (Å²) in [4.78, 5) is 10.2. The van der Waals surface area contributed by atoms with Gasteiger partial charge in [0, 0.05) is 19.7 Å². The SMILES string of the molecule is CNc1sc(S(=O)(=O)NCCCCCSC)cc1[N+](=O)[O-]. The van der Waals surface area contributed by atoms with Crippen LogP contribution in [0.2, 0.25) is 0 Å². The Balaban J connectivity index is 2.64. The van der Waals surface area contributed by atoms with Gasteiger partial charge >= 0.3 is 5.69 Å². The second kappa shape index (κ2) is 8.57. The number of hydrogen-bond donors (Lipinski definition) is 2. The molecule has 21 heavy (non-hydrogen) atoms. The lowest BCUT2D eigenvalue weighted by atomic mass is 10.2. The Labute approximate surface area is 132 Å². The predicted molar refractivity (Wildman–Crippen MR) is 87.9 cm³/mol. The van der Waals surface area contributed by atoms with Crippen molar-refractivity contribution in [3.8, 4) is 0 Å². The average Bonchev–Trinajstić information content (AvgIpc) is 2.88. The average molecular weight is 353 g/mol. The van der Waals surface area contributed by atoms with Crippen molar-refractivity contribution >= 4 is 43.8 Å². The molecule has 1 aromatic rings. The first-order valence-electron chi connectivity index (χ1n) is 6.37. The van der Waals surface area contributed by atoms with Crippen LogP contribution in [0.1, 0.15) is 19.3 Å². The maximum Gasteiger partial charge on any atom is 0.304 e. The maximum atomic E-state index is 12.1. The molecule has 0 unspecified atom stereocenters. The molecular formula is C11H19N3O4S3. The molecular weight excluding hydrogens is 334 g/mol. The monoisotopic (exact) mass is 353 g/mol. The number of thiophene rings is 1. The lowest BCUT2D eigenvalue weighted by Crippen LogP contribution is -2.24.